The van der Waals surface area contributed by atoms with Crippen molar-refractivity contribution in [1.82, 2.24) is 0 Å². The average Bonchev–Trinajstić information content (AvgIpc) is 2.05. The number of hydrogen-bond acceptors (Lipinski definition) is 3. The van der Waals surface area contributed by atoms with E-state index in [1.54, 1.807) is 0 Å². The lowest BCUT2D eigenvalue weighted by Crippen LogP contribution is -2.35. The van der Waals surface area contributed by atoms with Gasteiger partial charge in [-0.25, -0.2) is 0 Å². The lowest BCUT2D eigenvalue weighted by atomic mass is 10.0. The van der Waals surface area contributed by atoms with Crippen LogP contribution in [0.1, 0.15) is 26.2 Å². The Morgan fingerprint density at radius 1 is 1.00 bits per heavy atom. The fourth-order valence-corrected chi connectivity index (χ4v) is 1.55. The minimum absolute atomic E-state index is 0.400. The van der Waals surface area contributed by atoms with Gasteiger partial charge < -0.3 is 15.3 Å². The number of aliphatic hydroxyl groups excluding tert-OH is 3. The Morgan fingerprint density at radius 2 is 1.64 bits per heavy atom. The molecule has 3 N–H and O–H groups in total. The van der Waals surface area contributed by atoms with Crippen LogP contribution in [0.15, 0.2) is 0 Å². The molecule has 0 aromatic heterocycles. The third kappa shape index (κ3) is 2.15. The van der Waals surface area contributed by atoms with Crippen molar-refractivity contribution in [2.24, 2.45) is 5.92 Å². The molecule has 0 saturated heterocycles. The molecular weight excluding hydrogens is 144 g/mol. The quantitative estimate of drug-likeness (QED) is 0.433. The van der Waals surface area contributed by atoms with Gasteiger partial charge >= 0.3 is 0 Å². The minimum atomic E-state index is -0.944. The molecule has 0 heterocycles. The molecule has 1 rings (SSSR count). The van der Waals surface area contributed by atoms with E-state index in [4.69, 9.17) is 0 Å². The summed E-state index contributed by atoms with van der Waals surface area (Å²) in [5.41, 5.74) is 0. The summed E-state index contributed by atoms with van der Waals surface area (Å²) in [7, 11) is 0. The molecule has 1 aliphatic rings. The molecule has 3 nitrogen and oxygen atoms in total. The van der Waals surface area contributed by atoms with Gasteiger partial charge in [0.25, 0.3) is 0 Å². The van der Waals surface area contributed by atoms with Crippen LogP contribution in [0, 0.1) is 5.92 Å². The molecule has 0 aliphatic heterocycles. The van der Waals surface area contributed by atoms with Crippen molar-refractivity contribution >= 4 is 0 Å². The SMILES string of the molecule is C[C@@H]1CCC(O)[C@@H](O)[C@H](O)C1. The molecule has 3 heteroatoms. The van der Waals surface area contributed by atoms with Crippen LogP contribution in [-0.4, -0.2) is 33.6 Å². The first-order chi connectivity index (χ1) is 5.11. The van der Waals surface area contributed by atoms with E-state index in [2.05, 4.69) is 0 Å². The van der Waals surface area contributed by atoms with Crippen LogP contribution in [0.4, 0.5) is 0 Å². The van der Waals surface area contributed by atoms with Gasteiger partial charge in [-0.15, -0.1) is 0 Å². The molecule has 1 unspecified atom stereocenters. The predicted octanol–water partition coefficient (Wildman–Crippen LogP) is -0.111. The summed E-state index contributed by atoms with van der Waals surface area (Å²) >= 11 is 0. The van der Waals surface area contributed by atoms with Gasteiger partial charge in [0.2, 0.25) is 0 Å². The second-order valence-electron chi connectivity index (χ2n) is 3.54. The molecule has 0 aromatic rings. The number of hydrogen-bond donors (Lipinski definition) is 3. The van der Waals surface area contributed by atoms with E-state index in [-0.39, 0.29) is 0 Å². The zero-order chi connectivity index (χ0) is 8.43. The predicted molar refractivity (Wildman–Crippen MR) is 41.0 cm³/mol. The molecule has 0 amide bonds. The maximum Gasteiger partial charge on any atom is 0.106 e. The Kier molecular flexibility index (Phi) is 2.87. The minimum Gasteiger partial charge on any atom is -0.390 e. The van der Waals surface area contributed by atoms with Gasteiger partial charge in [-0.05, 0) is 25.2 Å². The van der Waals surface area contributed by atoms with Crippen molar-refractivity contribution < 1.29 is 15.3 Å². The van der Waals surface area contributed by atoms with E-state index < -0.39 is 18.3 Å². The molecule has 1 saturated carbocycles. The third-order valence-corrected chi connectivity index (χ3v) is 2.39. The highest BCUT2D eigenvalue weighted by Crippen LogP contribution is 2.23. The highest BCUT2D eigenvalue weighted by Gasteiger charge is 2.29. The molecule has 66 valence electrons. The first-order valence-electron chi connectivity index (χ1n) is 4.15. The van der Waals surface area contributed by atoms with Crippen LogP contribution in [0.5, 0.6) is 0 Å². The van der Waals surface area contributed by atoms with E-state index in [1.807, 2.05) is 6.92 Å². The summed E-state index contributed by atoms with van der Waals surface area (Å²) in [4.78, 5) is 0. The van der Waals surface area contributed by atoms with E-state index in [0.717, 1.165) is 6.42 Å². The summed E-state index contributed by atoms with van der Waals surface area (Å²) in [6, 6.07) is 0. The Labute approximate surface area is 66.7 Å². The molecule has 11 heavy (non-hydrogen) atoms. The number of aliphatic hydroxyl groups is 3. The van der Waals surface area contributed by atoms with Gasteiger partial charge in [-0.2, -0.15) is 0 Å². The summed E-state index contributed by atoms with van der Waals surface area (Å²) in [6.45, 7) is 2.02. The standard InChI is InChI=1S/C8H16O3/c1-5-2-3-6(9)8(11)7(10)4-5/h5-11H,2-4H2,1H3/t5-,6?,7-,8-/m1/s1. The number of rotatable bonds is 0. The first kappa shape index (κ1) is 8.97. The molecule has 1 fully saturated rings. The van der Waals surface area contributed by atoms with Crippen molar-refractivity contribution in [2.45, 2.75) is 44.5 Å². The monoisotopic (exact) mass is 160 g/mol. The summed E-state index contributed by atoms with van der Waals surface area (Å²) in [6.07, 6.45) is -0.357. The van der Waals surface area contributed by atoms with E-state index >= 15 is 0 Å². The van der Waals surface area contributed by atoms with E-state index in [9.17, 15) is 15.3 Å². The Morgan fingerprint density at radius 3 is 2.27 bits per heavy atom. The second kappa shape index (κ2) is 3.52. The topological polar surface area (TPSA) is 60.7 Å². The van der Waals surface area contributed by atoms with Crippen LogP contribution in [0.2, 0.25) is 0 Å². The Balaban J connectivity index is 2.53. The molecule has 1 aliphatic carbocycles. The van der Waals surface area contributed by atoms with Gasteiger partial charge in [0.1, 0.15) is 6.10 Å². The van der Waals surface area contributed by atoms with Crippen LogP contribution >= 0.6 is 0 Å². The first-order valence-corrected chi connectivity index (χ1v) is 4.15. The lowest BCUT2D eigenvalue weighted by Gasteiger charge is -2.18. The van der Waals surface area contributed by atoms with Crippen molar-refractivity contribution in [3.05, 3.63) is 0 Å². The normalized spacial score (nSPS) is 46.9. The summed E-state index contributed by atoms with van der Waals surface area (Å²) in [5.74, 6) is 0.400. The fourth-order valence-electron chi connectivity index (χ4n) is 1.55. The largest absolute Gasteiger partial charge is 0.390 e. The van der Waals surface area contributed by atoms with Gasteiger partial charge in [-0.1, -0.05) is 6.92 Å². The average molecular weight is 160 g/mol. The van der Waals surface area contributed by atoms with Gasteiger partial charge in [0.15, 0.2) is 0 Å². The van der Waals surface area contributed by atoms with Crippen LogP contribution < -0.4 is 0 Å². The maximum atomic E-state index is 9.29. The lowest BCUT2D eigenvalue weighted by molar-refractivity contribution is -0.0565. The highest BCUT2D eigenvalue weighted by molar-refractivity contribution is 4.81. The van der Waals surface area contributed by atoms with Gasteiger partial charge in [0.05, 0.1) is 12.2 Å². The Bertz CT molecular complexity index is 127. The van der Waals surface area contributed by atoms with Crippen LogP contribution in [0.25, 0.3) is 0 Å². The van der Waals surface area contributed by atoms with E-state index in [0.29, 0.717) is 18.8 Å². The molecule has 0 bridgehead atoms. The van der Waals surface area contributed by atoms with Crippen LogP contribution in [-0.2, 0) is 0 Å². The van der Waals surface area contributed by atoms with Crippen molar-refractivity contribution in [3.63, 3.8) is 0 Å². The van der Waals surface area contributed by atoms with E-state index in [1.165, 1.54) is 0 Å². The van der Waals surface area contributed by atoms with Gasteiger partial charge in [-0.3, -0.25) is 0 Å². The maximum absolute atomic E-state index is 9.29. The molecule has 4 atom stereocenters. The summed E-state index contributed by atoms with van der Waals surface area (Å²) in [5, 5.41) is 27.8. The third-order valence-electron chi connectivity index (χ3n) is 2.39. The Hall–Kier alpha value is -0.120. The molecule has 0 radical (unpaired) electrons. The highest BCUT2D eigenvalue weighted by atomic mass is 16.4. The van der Waals surface area contributed by atoms with Crippen molar-refractivity contribution in [1.29, 1.82) is 0 Å². The fraction of sp³-hybridized carbons (Fsp3) is 1.00. The zero-order valence-corrected chi connectivity index (χ0v) is 6.77. The van der Waals surface area contributed by atoms with Crippen LogP contribution in [0.3, 0.4) is 0 Å². The van der Waals surface area contributed by atoms with Crippen molar-refractivity contribution in [2.75, 3.05) is 0 Å². The molecular formula is C8H16O3. The zero-order valence-electron chi connectivity index (χ0n) is 6.77. The summed E-state index contributed by atoms with van der Waals surface area (Å²) < 4.78 is 0. The smallest absolute Gasteiger partial charge is 0.106 e. The molecule has 0 aromatic carbocycles. The molecule has 0 spiro atoms. The second-order valence-corrected chi connectivity index (χ2v) is 3.54. The van der Waals surface area contributed by atoms with Crippen molar-refractivity contribution in [3.8, 4) is 0 Å². The van der Waals surface area contributed by atoms with Gasteiger partial charge in [0, 0.05) is 0 Å².